The van der Waals surface area contributed by atoms with Gasteiger partial charge in [0.05, 0.1) is 0 Å². The zero-order chi connectivity index (χ0) is 17.0. The van der Waals surface area contributed by atoms with Crippen LogP contribution in [0.3, 0.4) is 0 Å². The van der Waals surface area contributed by atoms with Gasteiger partial charge in [0.2, 0.25) is 0 Å². The SMILES string of the molecule is Oc1ccc(-c2c3ccccc3cc3sc4ccccc4c23)cc1O. The van der Waals surface area contributed by atoms with Crippen molar-refractivity contribution in [1.82, 2.24) is 0 Å². The summed E-state index contributed by atoms with van der Waals surface area (Å²) >= 11 is 1.78. The Morgan fingerprint density at radius 1 is 0.640 bits per heavy atom. The van der Waals surface area contributed by atoms with Gasteiger partial charge < -0.3 is 10.2 Å². The normalized spacial score (nSPS) is 11.5. The van der Waals surface area contributed by atoms with E-state index in [-0.39, 0.29) is 11.5 Å². The first-order chi connectivity index (χ1) is 12.2. The van der Waals surface area contributed by atoms with Crippen LogP contribution in [0.2, 0.25) is 0 Å². The van der Waals surface area contributed by atoms with Crippen molar-refractivity contribution in [2.24, 2.45) is 0 Å². The number of rotatable bonds is 1. The fourth-order valence-corrected chi connectivity index (χ4v) is 4.69. The Labute approximate surface area is 148 Å². The molecule has 0 unspecified atom stereocenters. The molecule has 0 aliphatic rings. The molecule has 0 atom stereocenters. The smallest absolute Gasteiger partial charge is 0.158 e. The summed E-state index contributed by atoms with van der Waals surface area (Å²) in [6.07, 6.45) is 0. The molecule has 0 spiro atoms. The molecule has 1 heterocycles. The molecule has 25 heavy (non-hydrogen) atoms. The van der Waals surface area contributed by atoms with Gasteiger partial charge in [0.25, 0.3) is 0 Å². The molecule has 1 aromatic heterocycles. The maximum Gasteiger partial charge on any atom is 0.158 e. The number of thiophene rings is 1. The fraction of sp³-hybridized carbons (Fsp3) is 0. The second kappa shape index (κ2) is 5.23. The van der Waals surface area contributed by atoms with Crippen molar-refractivity contribution < 1.29 is 10.2 Å². The lowest BCUT2D eigenvalue weighted by atomic mass is 9.93. The van der Waals surface area contributed by atoms with Crippen LogP contribution in [0, 0.1) is 0 Å². The lowest BCUT2D eigenvalue weighted by Gasteiger charge is -2.11. The molecule has 0 aliphatic heterocycles. The van der Waals surface area contributed by atoms with Crippen LogP contribution in [-0.4, -0.2) is 10.2 Å². The highest BCUT2D eigenvalue weighted by Gasteiger charge is 2.15. The molecule has 3 heteroatoms. The minimum atomic E-state index is -0.101. The van der Waals surface area contributed by atoms with Crippen molar-refractivity contribution in [3.63, 3.8) is 0 Å². The third-order valence-electron chi connectivity index (χ3n) is 4.65. The lowest BCUT2D eigenvalue weighted by molar-refractivity contribution is 0.404. The van der Waals surface area contributed by atoms with E-state index < -0.39 is 0 Å². The summed E-state index contributed by atoms with van der Waals surface area (Å²) in [6.45, 7) is 0. The van der Waals surface area contributed by atoms with Gasteiger partial charge in [-0.2, -0.15) is 0 Å². The zero-order valence-corrected chi connectivity index (χ0v) is 14.0. The second-order valence-electron chi connectivity index (χ2n) is 6.15. The van der Waals surface area contributed by atoms with E-state index in [2.05, 4.69) is 42.5 Å². The standard InChI is InChI=1S/C22H14O2S/c23-17-10-9-14(11-18(17)24)21-15-6-2-1-5-13(15)12-20-22(21)16-7-3-4-8-19(16)25-20/h1-12,23-24H. The van der Waals surface area contributed by atoms with Crippen LogP contribution in [0.4, 0.5) is 0 Å². The van der Waals surface area contributed by atoms with E-state index in [9.17, 15) is 10.2 Å². The monoisotopic (exact) mass is 342 g/mol. The van der Waals surface area contributed by atoms with E-state index >= 15 is 0 Å². The Kier molecular flexibility index (Phi) is 2.99. The number of aromatic hydroxyl groups is 2. The summed E-state index contributed by atoms with van der Waals surface area (Å²) in [4.78, 5) is 0. The van der Waals surface area contributed by atoms with Crippen molar-refractivity contribution in [2.75, 3.05) is 0 Å². The van der Waals surface area contributed by atoms with Gasteiger partial charge in [0.15, 0.2) is 11.5 Å². The van der Waals surface area contributed by atoms with Gasteiger partial charge >= 0.3 is 0 Å². The molecule has 2 nitrogen and oxygen atoms in total. The second-order valence-corrected chi connectivity index (χ2v) is 7.23. The van der Waals surface area contributed by atoms with Gasteiger partial charge in [-0.05, 0) is 46.2 Å². The Hall–Kier alpha value is -3.04. The van der Waals surface area contributed by atoms with E-state index in [1.54, 1.807) is 23.5 Å². The molecule has 5 rings (SSSR count). The average molecular weight is 342 g/mol. The summed E-state index contributed by atoms with van der Waals surface area (Å²) in [5.41, 5.74) is 2.00. The van der Waals surface area contributed by atoms with Gasteiger partial charge in [-0.25, -0.2) is 0 Å². The first-order valence-electron chi connectivity index (χ1n) is 8.08. The number of fused-ring (bicyclic) bond motifs is 4. The highest BCUT2D eigenvalue weighted by molar-refractivity contribution is 7.26. The minimum absolute atomic E-state index is 0.0990. The van der Waals surface area contributed by atoms with Crippen LogP contribution in [0.1, 0.15) is 0 Å². The third-order valence-corrected chi connectivity index (χ3v) is 5.77. The third kappa shape index (κ3) is 2.10. The summed E-state index contributed by atoms with van der Waals surface area (Å²) in [5.74, 6) is -0.200. The van der Waals surface area contributed by atoms with E-state index in [0.717, 1.165) is 16.5 Å². The molecule has 4 aromatic carbocycles. The number of hydrogen-bond acceptors (Lipinski definition) is 3. The van der Waals surface area contributed by atoms with Gasteiger partial charge in [0, 0.05) is 20.2 Å². The fourth-order valence-electron chi connectivity index (χ4n) is 3.53. The molecule has 0 saturated carbocycles. The summed E-state index contributed by atoms with van der Waals surface area (Å²) in [6, 6.07) is 24.0. The van der Waals surface area contributed by atoms with Crippen molar-refractivity contribution in [3.05, 3.63) is 72.8 Å². The maximum absolute atomic E-state index is 10.0. The number of hydrogen-bond donors (Lipinski definition) is 2. The van der Waals surface area contributed by atoms with E-state index in [0.29, 0.717) is 0 Å². The molecule has 0 fully saturated rings. The molecule has 0 aliphatic carbocycles. The van der Waals surface area contributed by atoms with Crippen molar-refractivity contribution in [3.8, 4) is 22.6 Å². The Morgan fingerprint density at radius 3 is 2.24 bits per heavy atom. The first kappa shape index (κ1) is 14.3. The Bertz CT molecular complexity index is 1270. The van der Waals surface area contributed by atoms with Gasteiger partial charge in [-0.15, -0.1) is 11.3 Å². The van der Waals surface area contributed by atoms with Crippen LogP contribution < -0.4 is 0 Å². The molecule has 2 N–H and O–H groups in total. The lowest BCUT2D eigenvalue weighted by Crippen LogP contribution is -1.84. The van der Waals surface area contributed by atoms with Gasteiger partial charge in [0.1, 0.15) is 0 Å². The van der Waals surface area contributed by atoms with Crippen LogP contribution in [0.15, 0.2) is 72.8 Å². The quantitative estimate of drug-likeness (QED) is 0.352. The Morgan fingerprint density at radius 2 is 1.40 bits per heavy atom. The molecule has 0 amide bonds. The number of phenols is 2. The van der Waals surface area contributed by atoms with Crippen molar-refractivity contribution >= 4 is 42.3 Å². The molecular formula is C22H14O2S. The zero-order valence-electron chi connectivity index (χ0n) is 13.2. The van der Waals surface area contributed by atoms with Crippen molar-refractivity contribution in [1.29, 1.82) is 0 Å². The maximum atomic E-state index is 10.0. The Balaban J connectivity index is 2.04. The minimum Gasteiger partial charge on any atom is -0.504 e. The van der Waals surface area contributed by atoms with E-state index in [1.807, 2.05) is 18.2 Å². The topological polar surface area (TPSA) is 40.5 Å². The van der Waals surface area contributed by atoms with E-state index in [1.165, 1.54) is 25.6 Å². The van der Waals surface area contributed by atoms with E-state index in [4.69, 9.17) is 0 Å². The van der Waals surface area contributed by atoms with Crippen LogP contribution in [0.5, 0.6) is 11.5 Å². The molecule has 120 valence electrons. The first-order valence-corrected chi connectivity index (χ1v) is 8.89. The summed E-state index contributed by atoms with van der Waals surface area (Å²) < 4.78 is 2.47. The predicted octanol–water partition coefficient (Wildman–Crippen LogP) is 6.29. The highest BCUT2D eigenvalue weighted by Crippen LogP contribution is 2.45. The van der Waals surface area contributed by atoms with Gasteiger partial charge in [-0.3, -0.25) is 0 Å². The number of phenolic OH excluding ortho intramolecular Hbond substituents is 2. The number of benzene rings is 4. The molecule has 0 saturated heterocycles. The predicted molar refractivity (Wildman–Crippen MR) is 106 cm³/mol. The summed E-state index contributed by atoms with van der Waals surface area (Å²) in [7, 11) is 0. The average Bonchev–Trinajstić information content (AvgIpc) is 3.00. The molecular weight excluding hydrogens is 328 g/mol. The van der Waals surface area contributed by atoms with Crippen LogP contribution >= 0.6 is 11.3 Å². The highest BCUT2D eigenvalue weighted by atomic mass is 32.1. The van der Waals surface area contributed by atoms with Gasteiger partial charge in [-0.1, -0.05) is 48.5 Å². The van der Waals surface area contributed by atoms with Crippen LogP contribution in [-0.2, 0) is 0 Å². The molecule has 0 radical (unpaired) electrons. The molecule has 0 bridgehead atoms. The van der Waals surface area contributed by atoms with Crippen molar-refractivity contribution in [2.45, 2.75) is 0 Å². The largest absolute Gasteiger partial charge is 0.504 e. The van der Waals surface area contributed by atoms with Crippen LogP contribution in [0.25, 0.3) is 42.1 Å². The summed E-state index contributed by atoms with van der Waals surface area (Å²) in [5, 5.41) is 24.5. The molecule has 5 aromatic rings.